The highest BCUT2D eigenvalue weighted by Crippen LogP contribution is 2.35. The third kappa shape index (κ3) is 2.77. The van der Waals surface area contributed by atoms with Crippen LogP contribution >= 0.6 is 23.2 Å². The predicted octanol–water partition coefficient (Wildman–Crippen LogP) is 3.27. The molecule has 2 rings (SSSR count). The van der Waals surface area contributed by atoms with Gasteiger partial charge in [0, 0.05) is 10.6 Å². The SMILES string of the molecule is OCc1cc(Cl)cc(Cl)c1OCC1CC1. The maximum Gasteiger partial charge on any atom is 0.143 e. The smallest absolute Gasteiger partial charge is 0.143 e. The fraction of sp³-hybridized carbons (Fsp3) is 0.455. The van der Waals surface area contributed by atoms with Crippen molar-refractivity contribution in [3.05, 3.63) is 27.7 Å². The lowest BCUT2D eigenvalue weighted by Crippen LogP contribution is -2.02. The molecular weight excluding hydrogens is 235 g/mol. The normalized spacial score (nSPS) is 15.4. The van der Waals surface area contributed by atoms with Crippen molar-refractivity contribution in [2.45, 2.75) is 19.4 Å². The molecule has 0 heterocycles. The summed E-state index contributed by atoms with van der Waals surface area (Å²) in [5, 5.41) is 10.1. The highest BCUT2D eigenvalue weighted by molar-refractivity contribution is 6.35. The first kappa shape index (κ1) is 11.1. The van der Waals surface area contributed by atoms with E-state index < -0.39 is 0 Å². The second-order valence-electron chi connectivity index (χ2n) is 3.79. The van der Waals surface area contributed by atoms with Crippen molar-refractivity contribution in [1.82, 2.24) is 0 Å². The van der Waals surface area contributed by atoms with Crippen LogP contribution in [-0.2, 0) is 6.61 Å². The molecule has 0 radical (unpaired) electrons. The van der Waals surface area contributed by atoms with Gasteiger partial charge in [-0.1, -0.05) is 23.2 Å². The molecule has 0 aromatic heterocycles. The summed E-state index contributed by atoms with van der Waals surface area (Å²) in [7, 11) is 0. The Kier molecular flexibility index (Phi) is 3.39. The average Bonchev–Trinajstić information content (AvgIpc) is 2.99. The van der Waals surface area contributed by atoms with Crippen molar-refractivity contribution in [1.29, 1.82) is 0 Å². The van der Waals surface area contributed by atoms with E-state index in [1.807, 2.05) is 0 Å². The second-order valence-corrected chi connectivity index (χ2v) is 4.63. The minimum Gasteiger partial charge on any atom is -0.491 e. The zero-order chi connectivity index (χ0) is 10.8. The van der Waals surface area contributed by atoms with E-state index in [1.54, 1.807) is 12.1 Å². The van der Waals surface area contributed by atoms with E-state index >= 15 is 0 Å². The summed E-state index contributed by atoms with van der Waals surface area (Å²) in [6, 6.07) is 3.31. The molecule has 2 nitrogen and oxygen atoms in total. The van der Waals surface area contributed by atoms with Crippen LogP contribution in [0.25, 0.3) is 0 Å². The molecule has 1 aromatic rings. The number of hydrogen-bond donors (Lipinski definition) is 1. The summed E-state index contributed by atoms with van der Waals surface area (Å²) >= 11 is 11.8. The number of aliphatic hydroxyl groups is 1. The monoisotopic (exact) mass is 246 g/mol. The second kappa shape index (κ2) is 4.60. The van der Waals surface area contributed by atoms with Gasteiger partial charge in [-0.15, -0.1) is 0 Å². The zero-order valence-corrected chi connectivity index (χ0v) is 9.68. The fourth-order valence-electron chi connectivity index (χ4n) is 1.38. The summed E-state index contributed by atoms with van der Waals surface area (Å²) in [6.07, 6.45) is 2.44. The molecule has 0 atom stereocenters. The molecule has 1 aliphatic rings. The molecule has 1 aliphatic carbocycles. The Balaban J connectivity index is 2.17. The Labute approximate surface area is 98.8 Å². The van der Waals surface area contributed by atoms with E-state index in [1.165, 1.54) is 12.8 Å². The summed E-state index contributed by atoms with van der Waals surface area (Å²) in [5.41, 5.74) is 0.646. The van der Waals surface area contributed by atoms with E-state index in [0.29, 0.717) is 33.9 Å². The Bertz CT molecular complexity index is 362. The van der Waals surface area contributed by atoms with Crippen molar-refractivity contribution in [2.75, 3.05) is 6.61 Å². The van der Waals surface area contributed by atoms with Gasteiger partial charge in [0.05, 0.1) is 18.2 Å². The van der Waals surface area contributed by atoms with Crippen LogP contribution in [-0.4, -0.2) is 11.7 Å². The molecular formula is C11H12Cl2O2. The number of ether oxygens (including phenoxy) is 1. The molecule has 0 unspecified atom stereocenters. The van der Waals surface area contributed by atoms with Crippen LogP contribution in [0.4, 0.5) is 0 Å². The van der Waals surface area contributed by atoms with Gasteiger partial charge >= 0.3 is 0 Å². The topological polar surface area (TPSA) is 29.5 Å². The number of halogens is 2. The summed E-state index contributed by atoms with van der Waals surface area (Å²) in [4.78, 5) is 0. The predicted molar refractivity (Wildman–Crippen MR) is 60.6 cm³/mol. The van der Waals surface area contributed by atoms with E-state index in [9.17, 15) is 0 Å². The number of rotatable bonds is 4. The third-order valence-corrected chi connectivity index (χ3v) is 2.91. The molecule has 0 bridgehead atoms. The van der Waals surface area contributed by atoms with E-state index in [0.717, 1.165) is 0 Å². The largest absolute Gasteiger partial charge is 0.491 e. The van der Waals surface area contributed by atoms with Crippen LogP contribution in [0.15, 0.2) is 12.1 Å². The number of aliphatic hydroxyl groups excluding tert-OH is 1. The molecule has 1 N–H and O–H groups in total. The maximum absolute atomic E-state index is 9.15. The van der Waals surface area contributed by atoms with Gasteiger partial charge in [0.2, 0.25) is 0 Å². The highest BCUT2D eigenvalue weighted by Gasteiger charge is 2.23. The lowest BCUT2D eigenvalue weighted by Gasteiger charge is -2.11. The molecule has 1 fully saturated rings. The van der Waals surface area contributed by atoms with Crippen molar-refractivity contribution in [2.24, 2.45) is 5.92 Å². The van der Waals surface area contributed by atoms with E-state index in [2.05, 4.69) is 0 Å². The Morgan fingerprint density at radius 2 is 2.07 bits per heavy atom. The van der Waals surface area contributed by atoms with Gasteiger partial charge in [-0.05, 0) is 30.9 Å². The van der Waals surface area contributed by atoms with Crippen molar-refractivity contribution >= 4 is 23.2 Å². The summed E-state index contributed by atoms with van der Waals surface area (Å²) in [5.74, 6) is 1.22. The van der Waals surface area contributed by atoms with Gasteiger partial charge in [0.15, 0.2) is 0 Å². The van der Waals surface area contributed by atoms with Crippen molar-refractivity contribution in [3.63, 3.8) is 0 Å². The first-order chi connectivity index (χ1) is 7.20. The fourth-order valence-corrected chi connectivity index (χ4v) is 1.97. The number of hydrogen-bond acceptors (Lipinski definition) is 2. The molecule has 1 aromatic carbocycles. The van der Waals surface area contributed by atoms with Crippen LogP contribution in [0.2, 0.25) is 10.0 Å². The lowest BCUT2D eigenvalue weighted by atomic mass is 10.2. The van der Waals surface area contributed by atoms with Gasteiger partial charge in [0.1, 0.15) is 5.75 Å². The Morgan fingerprint density at radius 3 is 2.67 bits per heavy atom. The molecule has 0 amide bonds. The molecule has 0 aliphatic heterocycles. The maximum atomic E-state index is 9.15. The van der Waals surface area contributed by atoms with Crippen LogP contribution in [0.5, 0.6) is 5.75 Å². The zero-order valence-electron chi connectivity index (χ0n) is 8.17. The van der Waals surface area contributed by atoms with E-state index in [-0.39, 0.29) is 6.61 Å². The van der Waals surface area contributed by atoms with Crippen LogP contribution < -0.4 is 4.74 Å². The third-order valence-electron chi connectivity index (χ3n) is 2.42. The number of benzene rings is 1. The van der Waals surface area contributed by atoms with Crippen LogP contribution in [0.1, 0.15) is 18.4 Å². The summed E-state index contributed by atoms with van der Waals surface area (Å²) in [6.45, 7) is 0.564. The Morgan fingerprint density at radius 1 is 1.33 bits per heavy atom. The Hall–Kier alpha value is -0.440. The molecule has 0 saturated heterocycles. The minimum atomic E-state index is -0.111. The van der Waals surface area contributed by atoms with Crippen molar-refractivity contribution in [3.8, 4) is 5.75 Å². The van der Waals surface area contributed by atoms with Gasteiger partial charge in [0.25, 0.3) is 0 Å². The summed E-state index contributed by atoms with van der Waals surface area (Å²) < 4.78 is 5.59. The first-order valence-corrected chi connectivity index (χ1v) is 5.68. The molecule has 15 heavy (non-hydrogen) atoms. The first-order valence-electron chi connectivity index (χ1n) is 4.92. The average molecular weight is 247 g/mol. The lowest BCUT2D eigenvalue weighted by molar-refractivity contribution is 0.258. The quantitative estimate of drug-likeness (QED) is 0.884. The van der Waals surface area contributed by atoms with Crippen LogP contribution in [0, 0.1) is 5.92 Å². The standard InChI is InChI=1S/C11H12Cl2O2/c12-9-3-8(5-14)11(10(13)4-9)15-6-7-1-2-7/h3-4,7,14H,1-2,5-6H2. The molecule has 82 valence electrons. The van der Waals surface area contributed by atoms with Gasteiger partial charge in [-0.2, -0.15) is 0 Å². The van der Waals surface area contributed by atoms with Gasteiger partial charge in [-0.3, -0.25) is 0 Å². The van der Waals surface area contributed by atoms with E-state index in [4.69, 9.17) is 33.0 Å². The molecule has 0 spiro atoms. The molecule has 1 saturated carbocycles. The van der Waals surface area contributed by atoms with Gasteiger partial charge < -0.3 is 9.84 Å². The van der Waals surface area contributed by atoms with Crippen LogP contribution in [0.3, 0.4) is 0 Å². The van der Waals surface area contributed by atoms with Gasteiger partial charge in [-0.25, -0.2) is 0 Å². The minimum absolute atomic E-state index is 0.111. The van der Waals surface area contributed by atoms with Crippen molar-refractivity contribution < 1.29 is 9.84 Å². The highest BCUT2D eigenvalue weighted by atomic mass is 35.5. The molecule has 4 heteroatoms.